The van der Waals surface area contributed by atoms with E-state index >= 15 is 0 Å². The molecule has 0 aliphatic rings. The van der Waals surface area contributed by atoms with Gasteiger partial charge in [-0.2, -0.15) is 5.26 Å². The summed E-state index contributed by atoms with van der Waals surface area (Å²) in [6, 6.07) is 13.6. The Morgan fingerprint density at radius 3 is 2.52 bits per heavy atom. The third-order valence-electron chi connectivity index (χ3n) is 4.94. The molecule has 1 aromatic heterocycles. The number of nitrogens with zero attached hydrogens (tertiary/aromatic N) is 2. The van der Waals surface area contributed by atoms with E-state index in [4.69, 9.17) is 4.74 Å². The van der Waals surface area contributed by atoms with E-state index < -0.39 is 10.0 Å². The Morgan fingerprint density at radius 2 is 1.93 bits per heavy atom. The van der Waals surface area contributed by atoms with E-state index in [1.165, 1.54) is 0 Å². The van der Waals surface area contributed by atoms with Crippen molar-refractivity contribution in [1.82, 2.24) is 4.57 Å². The number of benzene rings is 2. The smallest absolute Gasteiger partial charge is 0.232 e. The minimum absolute atomic E-state index is 0.0820. The predicted molar refractivity (Wildman–Crippen MR) is 117 cm³/mol. The molecule has 1 N–H and O–H groups in total. The highest BCUT2D eigenvalue weighted by Crippen LogP contribution is 2.36. The molecule has 0 atom stereocenters. The Balaban J connectivity index is 2.16. The van der Waals surface area contributed by atoms with Gasteiger partial charge in [-0.25, -0.2) is 8.42 Å². The highest BCUT2D eigenvalue weighted by molar-refractivity contribution is 7.92. The van der Waals surface area contributed by atoms with Gasteiger partial charge in [0, 0.05) is 18.0 Å². The largest absolute Gasteiger partial charge is 0.497 e. The molecule has 0 saturated carbocycles. The number of hydrogen-bond donors (Lipinski definition) is 1. The minimum Gasteiger partial charge on any atom is -0.497 e. The Bertz CT molecular complexity index is 1200. The second kappa shape index (κ2) is 8.18. The second-order valence-electron chi connectivity index (χ2n) is 6.91. The van der Waals surface area contributed by atoms with Gasteiger partial charge in [-0.3, -0.25) is 4.72 Å². The van der Waals surface area contributed by atoms with Crippen molar-refractivity contribution < 1.29 is 13.2 Å². The van der Waals surface area contributed by atoms with Crippen LogP contribution in [0.3, 0.4) is 0 Å². The molecule has 2 aromatic carbocycles. The van der Waals surface area contributed by atoms with E-state index in [1.54, 1.807) is 13.2 Å². The molecule has 0 aliphatic heterocycles. The molecule has 0 fully saturated rings. The molecule has 0 unspecified atom stereocenters. The van der Waals surface area contributed by atoms with Crippen LogP contribution in [0.5, 0.6) is 5.75 Å². The van der Waals surface area contributed by atoms with Crippen LogP contribution in [0.2, 0.25) is 0 Å². The fraction of sp³-hybridized carbons (Fsp3) is 0.318. The summed E-state index contributed by atoms with van der Waals surface area (Å²) in [6.45, 7) is 6.41. The summed E-state index contributed by atoms with van der Waals surface area (Å²) in [5, 5.41) is 10.7. The average Bonchev–Trinajstić information content (AvgIpc) is 3.01. The van der Waals surface area contributed by atoms with E-state index in [1.807, 2.05) is 51.1 Å². The number of nitriles is 1. The van der Waals surface area contributed by atoms with Crippen molar-refractivity contribution in [2.45, 2.75) is 33.7 Å². The van der Waals surface area contributed by atoms with Crippen molar-refractivity contribution in [1.29, 1.82) is 5.26 Å². The molecular formula is C22H25N3O3S. The van der Waals surface area contributed by atoms with Crippen molar-refractivity contribution in [3.63, 3.8) is 0 Å². The SMILES string of the molecule is CCCS(=O)(=O)Nc1ccc(-c2c(C#N)c3ccc(OC)cc3n2CC)cc1C. The van der Waals surface area contributed by atoms with Crippen LogP contribution >= 0.6 is 0 Å². The summed E-state index contributed by atoms with van der Waals surface area (Å²) >= 11 is 0. The molecule has 1 heterocycles. The summed E-state index contributed by atoms with van der Waals surface area (Å²) < 4.78 is 34.3. The topological polar surface area (TPSA) is 84.1 Å². The summed E-state index contributed by atoms with van der Waals surface area (Å²) in [7, 11) is -1.74. The van der Waals surface area contributed by atoms with Crippen LogP contribution in [0.25, 0.3) is 22.2 Å². The van der Waals surface area contributed by atoms with Gasteiger partial charge in [0.15, 0.2) is 0 Å². The number of anilines is 1. The number of ether oxygens (including phenoxy) is 1. The van der Waals surface area contributed by atoms with Gasteiger partial charge in [-0.1, -0.05) is 13.0 Å². The quantitative estimate of drug-likeness (QED) is 0.612. The van der Waals surface area contributed by atoms with Gasteiger partial charge in [-0.15, -0.1) is 0 Å². The molecule has 29 heavy (non-hydrogen) atoms. The van der Waals surface area contributed by atoms with Crippen molar-refractivity contribution in [3.8, 4) is 23.1 Å². The maximum atomic E-state index is 12.1. The number of aromatic nitrogens is 1. The monoisotopic (exact) mass is 411 g/mol. The van der Waals surface area contributed by atoms with E-state index in [2.05, 4.69) is 15.4 Å². The molecule has 0 amide bonds. The third kappa shape index (κ3) is 3.94. The van der Waals surface area contributed by atoms with Crippen LogP contribution in [0.4, 0.5) is 5.69 Å². The van der Waals surface area contributed by atoms with Gasteiger partial charge in [0.25, 0.3) is 0 Å². The predicted octanol–water partition coefficient (Wildman–Crippen LogP) is 4.67. The first-order chi connectivity index (χ1) is 13.8. The highest BCUT2D eigenvalue weighted by Gasteiger charge is 2.19. The maximum absolute atomic E-state index is 12.1. The normalized spacial score (nSPS) is 11.4. The lowest BCUT2D eigenvalue weighted by molar-refractivity contribution is 0.415. The van der Waals surface area contributed by atoms with Gasteiger partial charge in [-0.05, 0) is 55.7 Å². The number of hydrogen-bond acceptors (Lipinski definition) is 4. The second-order valence-corrected chi connectivity index (χ2v) is 8.76. The zero-order chi connectivity index (χ0) is 21.2. The Hall–Kier alpha value is -2.98. The molecule has 0 bridgehead atoms. The lowest BCUT2D eigenvalue weighted by atomic mass is 10.0. The molecule has 6 nitrogen and oxygen atoms in total. The van der Waals surface area contributed by atoms with E-state index in [-0.39, 0.29) is 5.75 Å². The van der Waals surface area contributed by atoms with Gasteiger partial charge in [0.05, 0.1) is 35.3 Å². The molecule has 0 aliphatic carbocycles. The number of methoxy groups -OCH3 is 1. The standard InChI is InChI=1S/C22H25N3O3S/c1-5-11-29(26,27)24-20-10-7-16(12-15(20)3)22-19(14-23)18-9-8-17(28-4)13-21(18)25(22)6-2/h7-10,12-13,24H,5-6,11H2,1-4H3. The molecule has 0 spiro atoms. The molecule has 0 radical (unpaired) electrons. The van der Waals surface area contributed by atoms with Crippen molar-refractivity contribution in [2.75, 3.05) is 17.6 Å². The van der Waals surface area contributed by atoms with Crippen LogP contribution < -0.4 is 9.46 Å². The first kappa shape index (κ1) is 20.7. The fourth-order valence-corrected chi connectivity index (χ4v) is 4.81. The zero-order valence-corrected chi connectivity index (χ0v) is 17.9. The average molecular weight is 412 g/mol. The number of sulfonamides is 1. The van der Waals surface area contributed by atoms with Crippen LogP contribution in [-0.4, -0.2) is 25.8 Å². The van der Waals surface area contributed by atoms with Gasteiger partial charge < -0.3 is 9.30 Å². The lowest BCUT2D eigenvalue weighted by Crippen LogP contribution is -2.16. The molecule has 7 heteroatoms. The maximum Gasteiger partial charge on any atom is 0.232 e. The van der Waals surface area contributed by atoms with E-state index in [0.29, 0.717) is 24.2 Å². The highest BCUT2D eigenvalue weighted by atomic mass is 32.2. The molecule has 0 saturated heterocycles. The molecule has 3 rings (SSSR count). The summed E-state index contributed by atoms with van der Waals surface area (Å²) in [5.74, 6) is 0.816. The lowest BCUT2D eigenvalue weighted by Gasteiger charge is -2.13. The Kier molecular flexibility index (Phi) is 5.85. The van der Waals surface area contributed by atoms with Crippen LogP contribution in [0, 0.1) is 18.3 Å². The van der Waals surface area contributed by atoms with Gasteiger partial charge >= 0.3 is 0 Å². The van der Waals surface area contributed by atoms with Crippen molar-refractivity contribution >= 4 is 26.6 Å². The molecule has 152 valence electrons. The first-order valence-electron chi connectivity index (χ1n) is 9.57. The summed E-state index contributed by atoms with van der Waals surface area (Å²) in [4.78, 5) is 0. The fourth-order valence-electron chi connectivity index (χ4n) is 3.61. The van der Waals surface area contributed by atoms with Crippen LogP contribution in [-0.2, 0) is 16.6 Å². The molecule has 3 aromatic rings. The van der Waals surface area contributed by atoms with Crippen LogP contribution in [0.1, 0.15) is 31.4 Å². The van der Waals surface area contributed by atoms with E-state index in [0.717, 1.165) is 33.5 Å². The van der Waals surface area contributed by atoms with E-state index in [9.17, 15) is 13.7 Å². The number of rotatable bonds is 7. The summed E-state index contributed by atoms with van der Waals surface area (Å²) in [5.41, 5.74) is 4.59. The van der Waals surface area contributed by atoms with Gasteiger partial charge in [0.2, 0.25) is 10.0 Å². The number of nitrogens with one attached hydrogen (secondary N) is 1. The van der Waals surface area contributed by atoms with Gasteiger partial charge in [0.1, 0.15) is 11.8 Å². The Morgan fingerprint density at radius 1 is 1.17 bits per heavy atom. The zero-order valence-electron chi connectivity index (χ0n) is 17.1. The number of fused-ring (bicyclic) bond motifs is 1. The first-order valence-corrected chi connectivity index (χ1v) is 11.2. The van der Waals surface area contributed by atoms with Crippen molar-refractivity contribution in [2.24, 2.45) is 0 Å². The molecular weight excluding hydrogens is 386 g/mol. The summed E-state index contributed by atoms with van der Waals surface area (Å²) in [6.07, 6.45) is 0.554. The van der Waals surface area contributed by atoms with Crippen LogP contribution in [0.15, 0.2) is 36.4 Å². The number of aryl methyl sites for hydroxylation is 2. The van der Waals surface area contributed by atoms with Crippen molar-refractivity contribution in [3.05, 3.63) is 47.5 Å². The third-order valence-corrected chi connectivity index (χ3v) is 6.41. The Labute approximate surface area is 171 Å². The minimum atomic E-state index is -3.36.